The first-order chi connectivity index (χ1) is 11.4. The number of nitrogens with one attached hydrogen (secondary N) is 1. The summed E-state index contributed by atoms with van der Waals surface area (Å²) in [6.45, 7) is 4.89. The molecule has 0 aromatic carbocycles. The summed E-state index contributed by atoms with van der Waals surface area (Å²) in [7, 11) is -2.98. The molecule has 1 amide bonds. The fourth-order valence-corrected chi connectivity index (χ4v) is 4.83. The van der Waals surface area contributed by atoms with Gasteiger partial charge in [-0.25, -0.2) is 18.4 Å². The third-order valence-corrected chi connectivity index (χ3v) is 6.42. The first kappa shape index (κ1) is 17.1. The number of carbonyl (C=O) groups is 1. The van der Waals surface area contributed by atoms with Crippen LogP contribution in [0.15, 0.2) is 18.5 Å². The number of sulfone groups is 1. The average Bonchev–Trinajstić information content (AvgIpc) is 2.93. The van der Waals surface area contributed by atoms with E-state index in [1.54, 1.807) is 18.5 Å². The highest BCUT2D eigenvalue weighted by atomic mass is 32.2. The van der Waals surface area contributed by atoms with E-state index < -0.39 is 9.84 Å². The van der Waals surface area contributed by atoms with Gasteiger partial charge in [0.15, 0.2) is 9.84 Å². The molecule has 2 aliphatic rings. The molecular weight excluding hydrogens is 330 g/mol. The lowest BCUT2D eigenvalue weighted by molar-refractivity contribution is -0.126. The van der Waals surface area contributed by atoms with E-state index in [0.717, 1.165) is 26.2 Å². The summed E-state index contributed by atoms with van der Waals surface area (Å²) in [5.74, 6) is 0.846. The predicted octanol–water partition coefficient (Wildman–Crippen LogP) is -0.710. The van der Waals surface area contributed by atoms with Crippen molar-refractivity contribution in [1.82, 2.24) is 20.2 Å². The smallest absolute Gasteiger partial charge is 0.237 e. The van der Waals surface area contributed by atoms with Crippen molar-refractivity contribution in [2.75, 3.05) is 42.6 Å². The van der Waals surface area contributed by atoms with Crippen molar-refractivity contribution >= 4 is 21.7 Å². The zero-order valence-electron chi connectivity index (χ0n) is 13.8. The summed E-state index contributed by atoms with van der Waals surface area (Å²) in [4.78, 5) is 25.1. The molecule has 2 fully saturated rings. The molecule has 0 aliphatic carbocycles. The number of carbonyl (C=O) groups excluding carboxylic acids is 1. The van der Waals surface area contributed by atoms with Gasteiger partial charge < -0.3 is 10.2 Å². The zero-order chi connectivity index (χ0) is 17.2. The highest BCUT2D eigenvalue weighted by molar-refractivity contribution is 7.91. The molecule has 0 spiro atoms. The largest absolute Gasteiger partial charge is 0.351 e. The van der Waals surface area contributed by atoms with E-state index in [1.165, 1.54) is 0 Å². The minimum absolute atomic E-state index is 0.0601. The predicted molar refractivity (Wildman–Crippen MR) is 90.5 cm³/mol. The van der Waals surface area contributed by atoms with Crippen molar-refractivity contribution in [3.05, 3.63) is 18.5 Å². The van der Waals surface area contributed by atoms with Gasteiger partial charge in [0.25, 0.3) is 0 Å². The van der Waals surface area contributed by atoms with Crippen molar-refractivity contribution in [2.24, 2.45) is 0 Å². The molecule has 0 radical (unpaired) electrons. The van der Waals surface area contributed by atoms with Crippen LogP contribution in [0.2, 0.25) is 0 Å². The van der Waals surface area contributed by atoms with Gasteiger partial charge in [0.1, 0.15) is 0 Å². The Morgan fingerprint density at radius 3 is 2.50 bits per heavy atom. The van der Waals surface area contributed by atoms with Gasteiger partial charge in [0.05, 0.1) is 17.5 Å². The standard InChI is InChI=1S/C15H23N5O3S/c1-12(14(21)18-13-3-10-24(22,23)11-13)19-6-8-20(9-7-19)15-16-4-2-5-17-15/h2,4-5,12-13H,3,6-11H2,1H3,(H,18,21)/t12-,13+/m1/s1. The van der Waals surface area contributed by atoms with Gasteiger partial charge in [0, 0.05) is 44.6 Å². The molecule has 8 nitrogen and oxygen atoms in total. The Bertz CT molecular complexity index is 674. The number of piperazine rings is 1. The molecule has 0 saturated carbocycles. The van der Waals surface area contributed by atoms with E-state index in [2.05, 4.69) is 25.1 Å². The molecular formula is C15H23N5O3S. The van der Waals surface area contributed by atoms with Gasteiger partial charge >= 0.3 is 0 Å². The summed E-state index contributed by atoms with van der Waals surface area (Å²) < 4.78 is 23.0. The second kappa shape index (κ2) is 7.02. The van der Waals surface area contributed by atoms with E-state index in [9.17, 15) is 13.2 Å². The molecule has 3 rings (SSSR count). The van der Waals surface area contributed by atoms with Crippen LogP contribution in [0.5, 0.6) is 0 Å². The van der Waals surface area contributed by atoms with Crippen LogP contribution in [-0.4, -0.2) is 79.0 Å². The summed E-state index contributed by atoms with van der Waals surface area (Å²) in [5, 5.41) is 2.88. The van der Waals surface area contributed by atoms with E-state index in [-0.39, 0.29) is 29.5 Å². The molecule has 2 atom stereocenters. The van der Waals surface area contributed by atoms with E-state index >= 15 is 0 Å². The number of aromatic nitrogens is 2. The summed E-state index contributed by atoms with van der Waals surface area (Å²) >= 11 is 0. The number of nitrogens with zero attached hydrogens (tertiary/aromatic N) is 4. The molecule has 0 bridgehead atoms. The van der Waals surface area contributed by atoms with Gasteiger partial charge in [-0.3, -0.25) is 9.69 Å². The topological polar surface area (TPSA) is 95.5 Å². The lowest BCUT2D eigenvalue weighted by atomic mass is 10.2. The Balaban J connectivity index is 1.50. The highest BCUT2D eigenvalue weighted by Crippen LogP contribution is 2.14. The van der Waals surface area contributed by atoms with Gasteiger partial charge in [-0.05, 0) is 19.4 Å². The quantitative estimate of drug-likeness (QED) is 0.764. The molecule has 0 unspecified atom stereocenters. The normalized spacial score (nSPS) is 25.4. The van der Waals surface area contributed by atoms with Crippen molar-refractivity contribution < 1.29 is 13.2 Å². The van der Waals surface area contributed by atoms with Crippen molar-refractivity contribution in [3.8, 4) is 0 Å². The fraction of sp³-hybridized carbons (Fsp3) is 0.667. The maximum absolute atomic E-state index is 12.4. The first-order valence-corrected chi connectivity index (χ1v) is 10.0. The van der Waals surface area contributed by atoms with Crippen molar-refractivity contribution in [2.45, 2.75) is 25.4 Å². The van der Waals surface area contributed by atoms with Crippen molar-refractivity contribution in [1.29, 1.82) is 0 Å². The maximum atomic E-state index is 12.4. The van der Waals surface area contributed by atoms with Crippen LogP contribution in [0, 0.1) is 0 Å². The lowest BCUT2D eigenvalue weighted by Gasteiger charge is -2.37. The molecule has 9 heteroatoms. The Hall–Kier alpha value is -1.74. The van der Waals surface area contributed by atoms with Gasteiger partial charge in [-0.1, -0.05) is 0 Å². The second-order valence-corrected chi connectivity index (χ2v) is 8.59. The molecule has 2 saturated heterocycles. The highest BCUT2D eigenvalue weighted by Gasteiger charge is 2.32. The Labute approximate surface area is 142 Å². The molecule has 1 aromatic heterocycles. The molecule has 24 heavy (non-hydrogen) atoms. The summed E-state index contributed by atoms with van der Waals surface area (Å²) in [6, 6.07) is 1.27. The summed E-state index contributed by atoms with van der Waals surface area (Å²) in [5.41, 5.74) is 0. The van der Waals surface area contributed by atoms with Gasteiger partial charge in [-0.2, -0.15) is 0 Å². The number of hydrogen-bond acceptors (Lipinski definition) is 7. The lowest BCUT2D eigenvalue weighted by Crippen LogP contribution is -2.55. The third-order valence-electron chi connectivity index (χ3n) is 4.66. The van der Waals surface area contributed by atoms with Crippen LogP contribution in [-0.2, 0) is 14.6 Å². The molecule has 2 aliphatic heterocycles. The van der Waals surface area contributed by atoms with Crippen LogP contribution in [0.25, 0.3) is 0 Å². The van der Waals surface area contributed by atoms with Crippen LogP contribution in [0.3, 0.4) is 0 Å². The monoisotopic (exact) mass is 353 g/mol. The average molecular weight is 353 g/mol. The van der Waals surface area contributed by atoms with E-state index in [0.29, 0.717) is 12.4 Å². The Kier molecular flexibility index (Phi) is 5.00. The van der Waals surface area contributed by atoms with Crippen LogP contribution >= 0.6 is 0 Å². The molecule has 1 N–H and O–H groups in total. The summed E-state index contributed by atoms with van der Waals surface area (Å²) in [6.07, 6.45) is 3.96. The van der Waals surface area contributed by atoms with Crippen LogP contribution < -0.4 is 10.2 Å². The fourth-order valence-electron chi connectivity index (χ4n) is 3.16. The third kappa shape index (κ3) is 4.02. The molecule has 1 aromatic rings. The SMILES string of the molecule is C[C@H](C(=O)N[C@H]1CCS(=O)(=O)C1)N1CCN(c2ncccn2)CC1. The van der Waals surface area contributed by atoms with E-state index in [1.807, 2.05) is 6.92 Å². The minimum Gasteiger partial charge on any atom is -0.351 e. The zero-order valence-corrected chi connectivity index (χ0v) is 14.6. The van der Waals surface area contributed by atoms with Crippen LogP contribution in [0.1, 0.15) is 13.3 Å². The number of anilines is 1. The van der Waals surface area contributed by atoms with Crippen molar-refractivity contribution in [3.63, 3.8) is 0 Å². The molecule has 132 valence electrons. The number of rotatable bonds is 4. The second-order valence-electron chi connectivity index (χ2n) is 6.36. The van der Waals surface area contributed by atoms with E-state index in [4.69, 9.17) is 0 Å². The van der Waals surface area contributed by atoms with Gasteiger partial charge in [-0.15, -0.1) is 0 Å². The Morgan fingerprint density at radius 2 is 1.92 bits per heavy atom. The van der Waals surface area contributed by atoms with Gasteiger partial charge in [0.2, 0.25) is 11.9 Å². The Morgan fingerprint density at radius 1 is 1.25 bits per heavy atom. The first-order valence-electron chi connectivity index (χ1n) is 8.21. The minimum atomic E-state index is -2.98. The van der Waals surface area contributed by atoms with Crippen LogP contribution in [0.4, 0.5) is 5.95 Å². The maximum Gasteiger partial charge on any atom is 0.237 e. The number of hydrogen-bond donors (Lipinski definition) is 1. The molecule has 3 heterocycles. The number of amides is 1.